The van der Waals surface area contributed by atoms with Crippen molar-refractivity contribution in [3.8, 4) is 0 Å². The number of nitrogens with zero attached hydrogens (tertiary/aromatic N) is 1. The van der Waals surface area contributed by atoms with E-state index in [2.05, 4.69) is 29.4 Å². The monoisotopic (exact) mass is 270 g/mol. The molecule has 0 saturated carbocycles. The van der Waals surface area contributed by atoms with Crippen molar-refractivity contribution in [2.24, 2.45) is 5.92 Å². The molecule has 1 aromatic heterocycles. The van der Waals surface area contributed by atoms with Crippen molar-refractivity contribution in [3.63, 3.8) is 0 Å². The number of hydrogen-bond donors (Lipinski definition) is 2. The zero-order chi connectivity index (χ0) is 14.0. The molecule has 2 heterocycles. The topological polar surface area (TPSA) is 45.1 Å². The van der Waals surface area contributed by atoms with Crippen molar-refractivity contribution in [3.05, 3.63) is 42.1 Å². The Bertz CT molecular complexity index is 593. The molecule has 2 atom stereocenters. The molecule has 0 amide bonds. The highest BCUT2D eigenvalue weighted by Crippen LogP contribution is 2.32. The van der Waals surface area contributed by atoms with E-state index >= 15 is 0 Å². The Morgan fingerprint density at radius 1 is 1.35 bits per heavy atom. The highest BCUT2D eigenvalue weighted by molar-refractivity contribution is 5.81. The zero-order valence-corrected chi connectivity index (χ0v) is 12.0. The van der Waals surface area contributed by atoms with Gasteiger partial charge >= 0.3 is 0 Å². The Balaban J connectivity index is 1.95. The van der Waals surface area contributed by atoms with E-state index in [1.165, 1.54) is 5.56 Å². The summed E-state index contributed by atoms with van der Waals surface area (Å²) in [4.78, 5) is 4.40. The van der Waals surface area contributed by atoms with Gasteiger partial charge in [0, 0.05) is 30.5 Å². The highest BCUT2D eigenvalue weighted by atomic mass is 16.3. The summed E-state index contributed by atoms with van der Waals surface area (Å²) < 4.78 is 0. The molecule has 1 aliphatic heterocycles. The van der Waals surface area contributed by atoms with E-state index in [1.807, 2.05) is 24.4 Å². The predicted molar refractivity (Wildman–Crippen MR) is 81.7 cm³/mol. The van der Waals surface area contributed by atoms with Crippen molar-refractivity contribution in [2.45, 2.75) is 31.8 Å². The van der Waals surface area contributed by atoms with Gasteiger partial charge in [0.1, 0.15) is 0 Å². The third-order valence-corrected chi connectivity index (χ3v) is 4.61. The molecule has 3 heteroatoms. The Kier molecular flexibility index (Phi) is 3.72. The third-order valence-electron chi connectivity index (χ3n) is 4.61. The average Bonchev–Trinajstić information content (AvgIpc) is 2.48. The molecule has 0 aliphatic carbocycles. The van der Waals surface area contributed by atoms with E-state index in [4.69, 9.17) is 0 Å². The second-order valence-electron chi connectivity index (χ2n) is 5.83. The van der Waals surface area contributed by atoms with E-state index in [0.29, 0.717) is 5.92 Å². The van der Waals surface area contributed by atoms with Crippen molar-refractivity contribution >= 4 is 10.9 Å². The number of aromatic nitrogens is 1. The minimum atomic E-state index is -0.593. The lowest BCUT2D eigenvalue weighted by Gasteiger charge is -2.40. The van der Waals surface area contributed by atoms with Gasteiger partial charge in [-0.3, -0.25) is 4.98 Å². The first-order valence-electron chi connectivity index (χ1n) is 7.48. The lowest BCUT2D eigenvalue weighted by Crippen LogP contribution is -2.51. The predicted octanol–water partition coefficient (Wildman–Crippen LogP) is 2.53. The maximum Gasteiger partial charge on any atom is 0.0740 e. The summed E-state index contributed by atoms with van der Waals surface area (Å²) in [5.74, 6) is 0.322. The Morgan fingerprint density at radius 3 is 3.05 bits per heavy atom. The number of para-hydroxylation sites is 1. The maximum absolute atomic E-state index is 11.1. The van der Waals surface area contributed by atoms with Crippen LogP contribution in [0.3, 0.4) is 0 Å². The van der Waals surface area contributed by atoms with Crippen LogP contribution in [-0.2, 0) is 6.42 Å². The summed E-state index contributed by atoms with van der Waals surface area (Å²) >= 11 is 0. The van der Waals surface area contributed by atoms with Crippen LogP contribution < -0.4 is 5.32 Å². The molecular formula is C17H22N2O. The van der Waals surface area contributed by atoms with Gasteiger partial charge in [-0.2, -0.15) is 0 Å². The summed E-state index contributed by atoms with van der Waals surface area (Å²) in [5, 5.41) is 15.6. The van der Waals surface area contributed by atoms with Crippen LogP contribution in [0.4, 0.5) is 0 Å². The minimum absolute atomic E-state index is 0.322. The van der Waals surface area contributed by atoms with Crippen molar-refractivity contribution < 1.29 is 5.11 Å². The molecule has 2 N–H and O–H groups in total. The molecule has 3 nitrogen and oxygen atoms in total. The van der Waals surface area contributed by atoms with E-state index in [0.717, 1.165) is 43.3 Å². The molecule has 2 aromatic rings. The van der Waals surface area contributed by atoms with E-state index in [-0.39, 0.29) is 0 Å². The van der Waals surface area contributed by atoms with Gasteiger partial charge in [0.15, 0.2) is 0 Å². The van der Waals surface area contributed by atoms with Crippen LogP contribution in [0.15, 0.2) is 36.5 Å². The fourth-order valence-corrected chi connectivity index (χ4v) is 3.37. The normalized spacial score (nSPS) is 26.8. The van der Waals surface area contributed by atoms with Crippen LogP contribution in [0.1, 0.15) is 25.3 Å². The lowest BCUT2D eigenvalue weighted by atomic mass is 9.76. The molecule has 1 fully saturated rings. The summed E-state index contributed by atoms with van der Waals surface area (Å²) in [6.07, 6.45) is 4.40. The van der Waals surface area contributed by atoms with Crippen LogP contribution in [-0.4, -0.2) is 28.8 Å². The molecule has 0 bridgehead atoms. The van der Waals surface area contributed by atoms with Gasteiger partial charge in [-0.05, 0) is 37.1 Å². The van der Waals surface area contributed by atoms with Crippen LogP contribution in [0.2, 0.25) is 0 Å². The molecule has 0 spiro atoms. The van der Waals surface area contributed by atoms with Crippen LogP contribution in [0, 0.1) is 5.92 Å². The second kappa shape index (κ2) is 5.51. The third kappa shape index (κ3) is 2.43. The molecule has 106 valence electrons. The van der Waals surface area contributed by atoms with Gasteiger partial charge < -0.3 is 10.4 Å². The SMILES string of the molecule is CCC1CNCCC1(O)Cc1ccnc2ccccc12. The number of fused-ring (bicyclic) bond motifs is 1. The van der Waals surface area contributed by atoms with Crippen molar-refractivity contribution in [1.82, 2.24) is 10.3 Å². The Morgan fingerprint density at radius 2 is 2.20 bits per heavy atom. The standard InChI is InChI=1S/C17H22N2O/c1-2-14-12-18-10-8-17(14,20)11-13-7-9-19-16-6-4-3-5-15(13)16/h3-7,9,14,18,20H,2,8,10-12H2,1H3. The highest BCUT2D eigenvalue weighted by Gasteiger charge is 2.38. The smallest absolute Gasteiger partial charge is 0.0740 e. The number of benzene rings is 1. The molecular weight excluding hydrogens is 248 g/mol. The van der Waals surface area contributed by atoms with Gasteiger partial charge in [0.2, 0.25) is 0 Å². The summed E-state index contributed by atoms with van der Waals surface area (Å²) in [5.41, 5.74) is 1.62. The summed E-state index contributed by atoms with van der Waals surface area (Å²) in [6.45, 7) is 3.97. The minimum Gasteiger partial charge on any atom is -0.389 e. The molecule has 20 heavy (non-hydrogen) atoms. The molecule has 1 aromatic carbocycles. The lowest BCUT2D eigenvalue weighted by molar-refractivity contribution is -0.0411. The Hall–Kier alpha value is -1.45. The first-order valence-corrected chi connectivity index (χ1v) is 7.48. The fourth-order valence-electron chi connectivity index (χ4n) is 3.37. The van der Waals surface area contributed by atoms with Crippen molar-refractivity contribution in [1.29, 1.82) is 0 Å². The number of nitrogens with one attached hydrogen (secondary N) is 1. The van der Waals surface area contributed by atoms with Gasteiger partial charge in [-0.25, -0.2) is 0 Å². The van der Waals surface area contributed by atoms with Crippen LogP contribution in [0.25, 0.3) is 10.9 Å². The fraction of sp³-hybridized carbons (Fsp3) is 0.471. The van der Waals surface area contributed by atoms with E-state index < -0.39 is 5.60 Å². The van der Waals surface area contributed by atoms with Crippen LogP contribution >= 0.6 is 0 Å². The summed E-state index contributed by atoms with van der Waals surface area (Å²) in [7, 11) is 0. The number of rotatable bonds is 3. The van der Waals surface area contributed by atoms with Crippen molar-refractivity contribution in [2.75, 3.05) is 13.1 Å². The number of hydrogen-bond acceptors (Lipinski definition) is 3. The number of aliphatic hydroxyl groups is 1. The number of piperidine rings is 1. The first-order chi connectivity index (χ1) is 9.73. The largest absolute Gasteiger partial charge is 0.389 e. The first kappa shape index (κ1) is 13.5. The van der Waals surface area contributed by atoms with Gasteiger partial charge in [0.25, 0.3) is 0 Å². The van der Waals surface area contributed by atoms with Gasteiger partial charge in [0.05, 0.1) is 11.1 Å². The van der Waals surface area contributed by atoms with Gasteiger partial charge in [-0.15, -0.1) is 0 Å². The Labute approximate surface area is 120 Å². The number of pyridine rings is 1. The molecule has 1 aliphatic rings. The molecule has 2 unspecified atom stereocenters. The van der Waals surface area contributed by atoms with E-state index in [1.54, 1.807) is 0 Å². The van der Waals surface area contributed by atoms with E-state index in [9.17, 15) is 5.11 Å². The summed E-state index contributed by atoms with van der Waals surface area (Å²) in [6, 6.07) is 10.2. The molecule has 0 radical (unpaired) electrons. The quantitative estimate of drug-likeness (QED) is 0.901. The molecule has 1 saturated heterocycles. The maximum atomic E-state index is 11.1. The zero-order valence-electron chi connectivity index (χ0n) is 12.0. The van der Waals surface area contributed by atoms with Gasteiger partial charge in [-0.1, -0.05) is 25.1 Å². The average molecular weight is 270 g/mol. The van der Waals surface area contributed by atoms with Crippen LogP contribution in [0.5, 0.6) is 0 Å². The molecule has 3 rings (SSSR count). The second-order valence-corrected chi connectivity index (χ2v) is 5.83.